The van der Waals surface area contributed by atoms with E-state index in [2.05, 4.69) is 25.3 Å². The monoisotopic (exact) mass is 355 g/mol. The van der Waals surface area contributed by atoms with E-state index in [0.717, 1.165) is 28.4 Å². The van der Waals surface area contributed by atoms with Crippen LogP contribution in [0.5, 0.6) is 5.75 Å². The van der Waals surface area contributed by atoms with Gasteiger partial charge in [0.25, 0.3) is 0 Å². The van der Waals surface area contributed by atoms with Gasteiger partial charge in [-0.25, -0.2) is 9.97 Å². The fraction of sp³-hybridized carbons (Fsp3) is 0.0476. The van der Waals surface area contributed by atoms with Gasteiger partial charge in [0, 0.05) is 35.9 Å². The molecule has 0 atom stereocenters. The molecule has 1 aromatic carbocycles. The predicted molar refractivity (Wildman–Crippen MR) is 105 cm³/mol. The zero-order valence-electron chi connectivity index (χ0n) is 14.7. The minimum atomic E-state index is 0.608. The number of hydrogen-bond donors (Lipinski definition) is 1. The van der Waals surface area contributed by atoms with Crippen LogP contribution in [0.3, 0.4) is 0 Å². The van der Waals surface area contributed by atoms with Gasteiger partial charge in [0.15, 0.2) is 5.82 Å². The lowest BCUT2D eigenvalue weighted by Gasteiger charge is -2.10. The Kier molecular flexibility index (Phi) is 4.70. The summed E-state index contributed by atoms with van der Waals surface area (Å²) >= 11 is 0. The second-order valence-corrected chi connectivity index (χ2v) is 5.77. The molecular formula is C21H17N5O. The number of pyridine rings is 2. The van der Waals surface area contributed by atoms with Crippen molar-refractivity contribution >= 4 is 11.5 Å². The Bertz CT molecular complexity index is 964. The molecule has 0 saturated heterocycles. The Balaban J connectivity index is 1.75. The Morgan fingerprint density at radius 2 is 1.63 bits per heavy atom. The number of anilines is 2. The van der Waals surface area contributed by atoms with Crippen LogP contribution >= 0.6 is 0 Å². The highest BCUT2D eigenvalue weighted by atomic mass is 16.5. The number of rotatable bonds is 5. The van der Waals surface area contributed by atoms with E-state index in [4.69, 9.17) is 4.74 Å². The number of ether oxygens (including phenoxy) is 1. The molecule has 6 heteroatoms. The molecule has 27 heavy (non-hydrogen) atoms. The van der Waals surface area contributed by atoms with E-state index >= 15 is 0 Å². The van der Waals surface area contributed by atoms with E-state index in [0.29, 0.717) is 11.6 Å². The lowest BCUT2D eigenvalue weighted by Crippen LogP contribution is -2.00. The van der Waals surface area contributed by atoms with Crippen molar-refractivity contribution in [2.75, 3.05) is 12.4 Å². The van der Waals surface area contributed by atoms with E-state index in [-0.39, 0.29) is 0 Å². The molecule has 0 radical (unpaired) electrons. The molecular weight excluding hydrogens is 338 g/mol. The van der Waals surface area contributed by atoms with Crippen LogP contribution in [0.25, 0.3) is 22.8 Å². The smallest absolute Gasteiger partial charge is 0.162 e. The molecule has 0 saturated carbocycles. The summed E-state index contributed by atoms with van der Waals surface area (Å²) in [4.78, 5) is 17.8. The van der Waals surface area contributed by atoms with Crippen LogP contribution in [-0.2, 0) is 0 Å². The Labute approximate surface area is 157 Å². The summed E-state index contributed by atoms with van der Waals surface area (Å²) in [5, 5.41) is 3.33. The standard InChI is InChI=1S/C21H17N5O/c1-27-17-7-5-16(6-8-17)24-20-14-19(18-4-2-3-11-23-18)25-21(26-20)15-9-12-22-13-10-15/h2-14H,1H3,(H,24,25,26). The molecule has 0 amide bonds. The molecule has 3 heterocycles. The number of aromatic nitrogens is 4. The molecule has 132 valence electrons. The Hall–Kier alpha value is -3.80. The Morgan fingerprint density at radius 1 is 0.815 bits per heavy atom. The van der Waals surface area contributed by atoms with Gasteiger partial charge in [-0.2, -0.15) is 0 Å². The molecule has 1 N–H and O–H groups in total. The highest BCUT2D eigenvalue weighted by Crippen LogP contribution is 2.25. The molecule has 0 fully saturated rings. The number of nitrogens with zero attached hydrogens (tertiary/aromatic N) is 4. The maximum atomic E-state index is 5.21. The van der Waals surface area contributed by atoms with Crippen molar-refractivity contribution in [2.24, 2.45) is 0 Å². The van der Waals surface area contributed by atoms with Crippen molar-refractivity contribution in [3.63, 3.8) is 0 Å². The van der Waals surface area contributed by atoms with E-state index < -0.39 is 0 Å². The van der Waals surface area contributed by atoms with Crippen LogP contribution in [0, 0.1) is 0 Å². The highest BCUT2D eigenvalue weighted by molar-refractivity contribution is 5.68. The first kappa shape index (κ1) is 16.7. The number of methoxy groups -OCH3 is 1. The van der Waals surface area contributed by atoms with E-state index in [9.17, 15) is 0 Å². The first-order valence-electron chi connectivity index (χ1n) is 8.44. The van der Waals surface area contributed by atoms with Crippen LogP contribution in [0.1, 0.15) is 0 Å². The summed E-state index contributed by atoms with van der Waals surface area (Å²) in [6, 6.07) is 19.1. The first-order valence-corrected chi connectivity index (χ1v) is 8.44. The average molecular weight is 355 g/mol. The van der Waals surface area contributed by atoms with Crippen molar-refractivity contribution in [3.8, 4) is 28.5 Å². The lowest BCUT2D eigenvalue weighted by molar-refractivity contribution is 0.415. The van der Waals surface area contributed by atoms with Crippen molar-refractivity contribution in [1.82, 2.24) is 19.9 Å². The van der Waals surface area contributed by atoms with E-state index in [1.54, 1.807) is 25.7 Å². The van der Waals surface area contributed by atoms with Gasteiger partial charge in [-0.05, 0) is 48.5 Å². The van der Waals surface area contributed by atoms with Gasteiger partial charge in [-0.3, -0.25) is 9.97 Å². The van der Waals surface area contributed by atoms with Crippen molar-refractivity contribution < 1.29 is 4.74 Å². The van der Waals surface area contributed by atoms with Crippen LogP contribution in [0.2, 0.25) is 0 Å². The molecule has 4 rings (SSSR count). The second-order valence-electron chi connectivity index (χ2n) is 5.77. The third-order valence-electron chi connectivity index (χ3n) is 3.95. The third-order valence-corrected chi connectivity index (χ3v) is 3.95. The third kappa shape index (κ3) is 3.90. The van der Waals surface area contributed by atoms with Gasteiger partial charge < -0.3 is 10.1 Å². The van der Waals surface area contributed by atoms with Gasteiger partial charge in [-0.15, -0.1) is 0 Å². The van der Waals surface area contributed by atoms with Crippen LogP contribution in [0.4, 0.5) is 11.5 Å². The second kappa shape index (κ2) is 7.61. The Morgan fingerprint density at radius 3 is 2.33 bits per heavy atom. The quantitative estimate of drug-likeness (QED) is 0.574. The van der Waals surface area contributed by atoms with Crippen LogP contribution in [-0.4, -0.2) is 27.0 Å². The molecule has 0 aliphatic heterocycles. The van der Waals surface area contributed by atoms with Crippen LogP contribution < -0.4 is 10.1 Å². The molecule has 0 aliphatic rings. The lowest BCUT2D eigenvalue weighted by atomic mass is 10.2. The fourth-order valence-corrected chi connectivity index (χ4v) is 2.61. The summed E-state index contributed by atoms with van der Waals surface area (Å²) in [6.07, 6.45) is 5.20. The zero-order chi connectivity index (χ0) is 18.5. The minimum Gasteiger partial charge on any atom is -0.497 e. The summed E-state index contributed by atoms with van der Waals surface area (Å²) in [6.45, 7) is 0. The minimum absolute atomic E-state index is 0.608. The summed E-state index contributed by atoms with van der Waals surface area (Å²) in [7, 11) is 1.65. The number of nitrogens with one attached hydrogen (secondary N) is 1. The number of hydrogen-bond acceptors (Lipinski definition) is 6. The highest BCUT2D eigenvalue weighted by Gasteiger charge is 2.10. The molecule has 3 aromatic heterocycles. The topological polar surface area (TPSA) is 72.8 Å². The SMILES string of the molecule is COc1ccc(Nc2cc(-c3ccccn3)nc(-c3ccncc3)n2)cc1. The first-order chi connectivity index (χ1) is 13.3. The maximum absolute atomic E-state index is 5.21. The molecule has 0 spiro atoms. The predicted octanol–water partition coefficient (Wildman–Crippen LogP) is 4.35. The summed E-state index contributed by atoms with van der Waals surface area (Å²) in [5.41, 5.74) is 3.32. The normalized spacial score (nSPS) is 10.4. The fourth-order valence-electron chi connectivity index (χ4n) is 2.61. The van der Waals surface area contributed by atoms with Crippen molar-refractivity contribution in [1.29, 1.82) is 0 Å². The van der Waals surface area contributed by atoms with Gasteiger partial charge in [0.2, 0.25) is 0 Å². The van der Waals surface area contributed by atoms with E-state index in [1.807, 2.05) is 60.7 Å². The molecule has 6 nitrogen and oxygen atoms in total. The van der Waals surface area contributed by atoms with Gasteiger partial charge in [-0.1, -0.05) is 6.07 Å². The van der Waals surface area contributed by atoms with E-state index in [1.165, 1.54) is 0 Å². The maximum Gasteiger partial charge on any atom is 0.162 e. The van der Waals surface area contributed by atoms with Gasteiger partial charge in [0.05, 0.1) is 18.5 Å². The molecule has 0 unspecified atom stereocenters. The van der Waals surface area contributed by atoms with Gasteiger partial charge in [0.1, 0.15) is 11.6 Å². The largest absolute Gasteiger partial charge is 0.497 e. The van der Waals surface area contributed by atoms with Gasteiger partial charge >= 0.3 is 0 Å². The average Bonchev–Trinajstić information content (AvgIpc) is 2.75. The van der Waals surface area contributed by atoms with Crippen molar-refractivity contribution in [3.05, 3.63) is 79.3 Å². The van der Waals surface area contributed by atoms with Crippen molar-refractivity contribution in [2.45, 2.75) is 0 Å². The zero-order valence-corrected chi connectivity index (χ0v) is 14.7. The number of benzene rings is 1. The van der Waals surface area contributed by atoms with Crippen LogP contribution in [0.15, 0.2) is 79.3 Å². The summed E-state index contributed by atoms with van der Waals surface area (Å²) in [5.74, 6) is 2.09. The summed E-state index contributed by atoms with van der Waals surface area (Å²) < 4.78 is 5.21. The molecule has 0 bridgehead atoms. The molecule has 0 aliphatic carbocycles. The molecule has 4 aromatic rings.